The maximum atomic E-state index is 3.66. The third kappa shape index (κ3) is 1.65. The zero-order valence-corrected chi connectivity index (χ0v) is 9.91. The lowest BCUT2D eigenvalue weighted by molar-refractivity contribution is 0.00575. The fourth-order valence-corrected chi connectivity index (χ4v) is 2.97. The Bertz CT molecular complexity index is 169. The van der Waals surface area contributed by atoms with Crippen LogP contribution in [0.3, 0.4) is 0 Å². The average molecular weight is 180 g/mol. The molecule has 0 spiro atoms. The Labute approximate surface area is 84.1 Å². The van der Waals surface area contributed by atoms with E-state index in [2.05, 4.69) is 41.0 Å². The molecule has 1 fully saturated rings. The summed E-state index contributed by atoms with van der Waals surface area (Å²) in [6.07, 6.45) is 8.82. The van der Waals surface area contributed by atoms with Crippen molar-refractivity contribution < 1.29 is 0 Å². The van der Waals surface area contributed by atoms with Gasteiger partial charge in [-0.3, -0.25) is 0 Å². The van der Waals surface area contributed by atoms with E-state index >= 15 is 0 Å². The van der Waals surface area contributed by atoms with Crippen molar-refractivity contribution in [3.8, 4) is 0 Å². The summed E-state index contributed by atoms with van der Waals surface area (Å²) in [6, 6.07) is 0. The van der Waals surface area contributed by atoms with Gasteiger partial charge in [0.15, 0.2) is 0 Å². The van der Waals surface area contributed by atoms with Gasteiger partial charge in [0.05, 0.1) is 0 Å². The molecule has 0 saturated heterocycles. The zero-order valence-electron chi connectivity index (χ0n) is 9.91. The van der Waals surface area contributed by atoms with Crippen LogP contribution in [0.15, 0.2) is 0 Å². The summed E-state index contributed by atoms with van der Waals surface area (Å²) in [7, 11) is 0. The number of rotatable bonds is 2. The first-order valence-corrected chi connectivity index (χ1v) is 5.73. The van der Waals surface area contributed by atoms with Gasteiger partial charge in [-0.2, -0.15) is 0 Å². The molecule has 1 aliphatic carbocycles. The molecule has 0 nitrogen and oxygen atoms in total. The topological polar surface area (TPSA) is 0 Å². The van der Waals surface area contributed by atoms with E-state index in [1.807, 2.05) is 0 Å². The molecule has 0 N–H and O–H groups in total. The van der Waals surface area contributed by atoms with Gasteiger partial charge in [-0.05, 0) is 42.4 Å². The summed E-state index contributed by atoms with van der Waals surface area (Å²) in [5, 5.41) is 0. The Morgan fingerprint density at radius 3 is 2.23 bits per heavy atom. The molecule has 0 aromatic carbocycles. The second-order valence-corrected chi connectivity index (χ2v) is 5.22. The Morgan fingerprint density at radius 1 is 1.23 bits per heavy atom. The van der Waals surface area contributed by atoms with Crippen molar-refractivity contribution in [2.75, 3.05) is 0 Å². The number of hydrogen-bond acceptors (Lipinski definition) is 0. The largest absolute Gasteiger partial charge is 0.0651 e. The second-order valence-electron chi connectivity index (χ2n) is 5.22. The van der Waals surface area contributed by atoms with Crippen molar-refractivity contribution in [2.24, 2.45) is 16.7 Å². The Hall–Kier alpha value is 0. The molecule has 76 valence electrons. The van der Waals surface area contributed by atoms with Gasteiger partial charge in [0.25, 0.3) is 0 Å². The quantitative estimate of drug-likeness (QED) is 0.593. The van der Waals surface area contributed by atoms with E-state index in [4.69, 9.17) is 0 Å². The molecule has 13 heavy (non-hydrogen) atoms. The molecule has 2 unspecified atom stereocenters. The third-order valence-corrected chi connectivity index (χ3v) is 4.62. The molecule has 0 aromatic heterocycles. The minimum absolute atomic E-state index is 0.306. The van der Waals surface area contributed by atoms with E-state index in [1.54, 1.807) is 0 Å². The van der Waals surface area contributed by atoms with Crippen molar-refractivity contribution in [1.29, 1.82) is 0 Å². The molecule has 0 aliphatic heterocycles. The maximum Gasteiger partial charge on any atom is -0.0106 e. The first-order valence-electron chi connectivity index (χ1n) is 5.73. The highest BCUT2D eigenvalue weighted by atomic mass is 14.5. The summed E-state index contributed by atoms with van der Waals surface area (Å²) in [6.45, 7) is 11.8. The van der Waals surface area contributed by atoms with Crippen LogP contribution in [0.1, 0.15) is 60.3 Å². The molecule has 1 rings (SSSR count). The average Bonchev–Trinajstić information content (AvgIpc) is 2.09. The van der Waals surface area contributed by atoms with Crippen molar-refractivity contribution >= 4 is 0 Å². The molecule has 0 bridgehead atoms. The molecule has 1 saturated carbocycles. The lowest BCUT2D eigenvalue weighted by Crippen LogP contribution is -2.44. The van der Waals surface area contributed by atoms with Crippen molar-refractivity contribution in [1.82, 2.24) is 0 Å². The molecular weight excluding hydrogens is 156 g/mol. The third-order valence-electron chi connectivity index (χ3n) is 4.62. The zero-order chi connectivity index (χ0) is 10.1. The Balaban J connectivity index is 2.90. The smallest absolute Gasteiger partial charge is 0.0106 e. The first kappa shape index (κ1) is 11.1. The fourth-order valence-electron chi connectivity index (χ4n) is 2.97. The predicted molar refractivity (Wildman–Crippen MR) is 58.4 cm³/mol. The SMILES string of the molecule is CCC1CC[C]C(C)(C)C1(C)CC. The lowest BCUT2D eigenvalue weighted by atomic mass is 9.52. The minimum Gasteiger partial charge on any atom is -0.0651 e. The van der Waals surface area contributed by atoms with Crippen LogP contribution in [-0.4, -0.2) is 0 Å². The van der Waals surface area contributed by atoms with Crippen LogP contribution in [0.5, 0.6) is 0 Å². The van der Waals surface area contributed by atoms with Crippen LogP contribution >= 0.6 is 0 Å². The van der Waals surface area contributed by atoms with Crippen LogP contribution in [0, 0.1) is 23.2 Å². The van der Waals surface area contributed by atoms with Gasteiger partial charge in [-0.25, -0.2) is 0 Å². The fraction of sp³-hybridized carbons (Fsp3) is 0.923. The van der Waals surface area contributed by atoms with Crippen molar-refractivity contribution in [3.63, 3.8) is 0 Å². The van der Waals surface area contributed by atoms with Gasteiger partial charge in [-0.1, -0.05) is 41.0 Å². The Morgan fingerprint density at radius 2 is 1.85 bits per heavy atom. The van der Waals surface area contributed by atoms with Gasteiger partial charge < -0.3 is 0 Å². The van der Waals surface area contributed by atoms with E-state index in [9.17, 15) is 0 Å². The summed E-state index contributed by atoms with van der Waals surface area (Å²) in [4.78, 5) is 0. The van der Waals surface area contributed by atoms with Crippen LogP contribution < -0.4 is 0 Å². The lowest BCUT2D eigenvalue weighted by Gasteiger charge is -2.52. The van der Waals surface area contributed by atoms with Gasteiger partial charge >= 0.3 is 0 Å². The number of hydrogen-bond donors (Lipinski definition) is 0. The molecule has 0 heterocycles. The monoisotopic (exact) mass is 180 g/mol. The van der Waals surface area contributed by atoms with Gasteiger partial charge in [0.2, 0.25) is 0 Å². The molecule has 1 aliphatic rings. The van der Waals surface area contributed by atoms with E-state index in [0.29, 0.717) is 10.8 Å². The second kappa shape index (κ2) is 3.63. The highest BCUT2D eigenvalue weighted by molar-refractivity contribution is 5.04. The van der Waals surface area contributed by atoms with E-state index in [-0.39, 0.29) is 0 Å². The molecule has 0 aromatic rings. The molecule has 0 heteroatoms. The first-order chi connectivity index (χ1) is 5.98. The van der Waals surface area contributed by atoms with Crippen LogP contribution in [0.4, 0.5) is 0 Å². The van der Waals surface area contributed by atoms with E-state index < -0.39 is 0 Å². The summed E-state index contributed by atoms with van der Waals surface area (Å²) >= 11 is 0. The van der Waals surface area contributed by atoms with Gasteiger partial charge in [0, 0.05) is 0 Å². The van der Waals surface area contributed by atoms with Crippen LogP contribution in [-0.2, 0) is 0 Å². The molecule has 0 amide bonds. The van der Waals surface area contributed by atoms with Crippen molar-refractivity contribution in [2.45, 2.75) is 60.3 Å². The highest BCUT2D eigenvalue weighted by Crippen LogP contribution is 2.55. The molecule has 2 radical (unpaired) electrons. The minimum atomic E-state index is 0.306. The Kier molecular flexibility index (Phi) is 3.09. The normalized spacial score (nSPS) is 39.0. The predicted octanol–water partition coefficient (Wildman–Crippen LogP) is 4.33. The van der Waals surface area contributed by atoms with E-state index in [0.717, 1.165) is 5.92 Å². The summed E-state index contributed by atoms with van der Waals surface area (Å²) in [5.41, 5.74) is 0.778. The molecular formula is C13H24. The van der Waals surface area contributed by atoms with Crippen LogP contribution in [0.25, 0.3) is 0 Å². The van der Waals surface area contributed by atoms with Crippen LogP contribution in [0.2, 0.25) is 0 Å². The standard InChI is InChI=1S/C13H24/c1-6-11-9-8-10-12(3,4)13(11,5)7-2/h11H,6-9H2,1-5H3. The van der Waals surface area contributed by atoms with E-state index in [1.165, 1.54) is 25.7 Å². The van der Waals surface area contributed by atoms with Gasteiger partial charge in [-0.15, -0.1) is 0 Å². The highest BCUT2D eigenvalue weighted by Gasteiger charge is 2.46. The van der Waals surface area contributed by atoms with Gasteiger partial charge in [0.1, 0.15) is 0 Å². The molecule has 2 atom stereocenters. The summed E-state index contributed by atoms with van der Waals surface area (Å²) in [5.74, 6) is 0.897. The van der Waals surface area contributed by atoms with Crippen molar-refractivity contribution in [3.05, 3.63) is 6.42 Å². The maximum absolute atomic E-state index is 3.66. The summed E-state index contributed by atoms with van der Waals surface area (Å²) < 4.78 is 0.